The molecule has 3 N–H and O–H groups in total. The zero-order valence-electron chi connectivity index (χ0n) is 15.4. The van der Waals surface area contributed by atoms with Crippen LogP contribution in [0.15, 0.2) is 11.6 Å². The van der Waals surface area contributed by atoms with Crippen molar-refractivity contribution in [1.29, 1.82) is 0 Å². The highest BCUT2D eigenvalue weighted by Crippen LogP contribution is 2.66. The fourth-order valence-corrected chi connectivity index (χ4v) is 7.39. The number of aliphatic hydroxyl groups is 1. The monoisotopic (exact) mass is 331 g/mol. The fraction of sp³-hybridized carbons (Fsp3) is 0.857. The van der Waals surface area contributed by atoms with Gasteiger partial charge in [0.15, 0.2) is 0 Å². The lowest BCUT2D eigenvalue weighted by atomic mass is 9.47. The number of carbonyl (C=O) groups is 1. The van der Waals surface area contributed by atoms with Crippen LogP contribution < -0.4 is 5.73 Å². The third kappa shape index (κ3) is 2.13. The van der Waals surface area contributed by atoms with E-state index in [-0.39, 0.29) is 34.6 Å². The lowest BCUT2D eigenvalue weighted by molar-refractivity contribution is -0.127. The number of fused-ring (bicyclic) bond motifs is 5. The van der Waals surface area contributed by atoms with Crippen LogP contribution in [0.3, 0.4) is 0 Å². The maximum atomic E-state index is 12.2. The molecule has 0 saturated heterocycles. The molecule has 24 heavy (non-hydrogen) atoms. The number of aliphatic hydroxyl groups excluding tert-OH is 1. The van der Waals surface area contributed by atoms with Gasteiger partial charge >= 0.3 is 0 Å². The smallest absolute Gasteiger partial charge is 0.133 e. The van der Waals surface area contributed by atoms with E-state index in [2.05, 4.69) is 19.9 Å². The van der Waals surface area contributed by atoms with E-state index in [4.69, 9.17) is 5.73 Å². The summed E-state index contributed by atoms with van der Waals surface area (Å²) in [6.07, 6.45) is 9.57. The minimum Gasteiger partial charge on any atom is -0.393 e. The molecule has 4 aliphatic rings. The van der Waals surface area contributed by atoms with Crippen molar-refractivity contribution in [2.75, 3.05) is 0 Å². The first-order valence-corrected chi connectivity index (χ1v) is 9.91. The molecule has 3 heteroatoms. The van der Waals surface area contributed by atoms with E-state index < -0.39 is 0 Å². The summed E-state index contributed by atoms with van der Waals surface area (Å²) < 4.78 is 0. The van der Waals surface area contributed by atoms with Crippen molar-refractivity contribution >= 4 is 5.78 Å². The average molecular weight is 332 g/mol. The first-order chi connectivity index (χ1) is 11.3. The van der Waals surface area contributed by atoms with Gasteiger partial charge < -0.3 is 10.8 Å². The highest BCUT2D eigenvalue weighted by Gasteiger charge is 2.62. The Labute approximate surface area is 146 Å². The van der Waals surface area contributed by atoms with Crippen LogP contribution in [0.4, 0.5) is 0 Å². The maximum absolute atomic E-state index is 12.2. The van der Waals surface area contributed by atoms with Crippen molar-refractivity contribution in [1.82, 2.24) is 0 Å². The Balaban J connectivity index is 1.70. The van der Waals surface area contributed by atoms with Gasteiger partial charge in [-0.15, -0.1) is 0 Å². The molecule has 3 saturated carbocycles. The van der Waals surface area contributed by atoms with E-state index >= 15 is 0 Å². The lowest BCUT2D eigenvalue weighted by Crippen LogP contribution is -2.53. The maximum Gasteiger partial charge on any atom is 0.133 e. The van der Waals surface area contributed by atoms with E-state index in [9.17, 15) is 9.90 Å². The van der Waals surface area contributed by atoms with E-state index in [1.807, 2.05) is 0 Å². The van der Waals surface area contributed by atoms with Crippen LogP contribution in [0, 0.1) is 34.5 Å². The largest absolute Gasteiger partial charge is 0.393 e. The van der Waals surface area contributed by atoms with Gasteiger partial charge in [-0.05, 0) is 80.5 Å². The highest BCUT2D eigenvalue weighted by molar-refractivity contribution is 5.79. The predicted octanol–water partition coefficient (Wildman–Crippen LogP) is 3.45. The van der Waals surface area contributed by atoms with Crippen LogP contribution in [0.5, 0.6) is 0 Å². The van der Waals surface area contributed by atoms with Gasteiger partial charge in [-0.2, -0.15) is 0 Å². The second-order valence-corrected chi connectivity index (χ2v) is 9.69. The number of ketones is 1. The van der Waals surface area contributed by atoms with Crippen molar-refractivity contribution in [2.45, 2.75) is 77.9 Å². The molecule has 0 aromatic heterocycles. The number of carbonyl (C=O) groups excluding carboxylic acids is 1. The molecule has 4 rings (SSSR count). The number of nitrogens with two attached hydrogens (primary N) is 1. The third-order valence-corrected chi connectivity index (χ3v) is 8.62. The van der Waals surface area contributed by atoms with Gasteiger partial charge in [-0.3, -0.25) is 4.79 Å². The Morgan fingerprint density at radius 3 is 2.75 bits per heavy atom. The third-order valence-electron chi connectivity index (χ3n) is 8.62. The van der Waals surface area contributed by atoms with Gasteiger partial charge in [0, 0.05) is 12.0 Å². The summed E-state index contributed by atoms with van der Waals surface area (Å²) in [6, 6.07) is 0.328. The molecule has 134 valence electrons. The van der Waals surface area contributed by atoms with Gasteiger partial charge in [-0.25, -0.2) is 0 Å². The van der Waals surface area contributed by atoms with Crippen LogP contribution in [0.1, 0.15) is 65.7 Å². The van der Waals surface area contributed by atoms with Gasteiger partial charge in [0.05, 0.1) is 6.10 Å². The zero-order valence-corrected chi connectivity index (χ0v) is 15.4. The molecule has 0 spiro atoms. The number of hydrogen-bond donors (Lipinski definition) is 2. The Bertz CT molecular complexity index is 584. The molecule has 8 unspecified atom stereocenters. The number of rotatable bonds is 1. The topological polar surface area (TPSA) is 63.3 Å². The number of allylic oxidation sites excluding steroid dienone is 1. The summed E-state index contributed by atoms with van der Waals surface area (Å²) in [6.45, 7) is 6.46. The molecule has 4 aliphatic carbocycles. The average Bonchev–Trinajstić information content (AvgIpc) is 2.80. The summed E-state index contributed by atoms with van der Waals surface area (Å²) >= 11 is 0. The summed E-state index contributed by atoms with van der Waals surface area (Å²) in [4.78, 5) is 12.2. The van der Waals surface area contributed by atoms with Crippen molar-refractivity contribution < 1.29 is 9.90 Å². The number of hydrogen-bond acceptors (Lipinski definition) is 3. The minimum atomic E-state index is -0.305. The van der Waals surface area contributed by atoms with Gasteiger partial charge in [0.2, 0.25) is 0 Å². The van der Waals surface area contributed by atoms with E-state index in [1.165, 1.54) is 12.8 Å². The quantitative estimate of drug-likeness (QED) is 0.723. The zero-order chi connectivity index (χ0) is 17.3. The van der Waals surface area contributed by atoms with Gasteiger partial charge in [0.25, 0.3) is 0 Å². The predicted molar refractivity (Wildman–Crippen MR) is 95.2 cm³/mol. The van der Waals surface area contributed by atoms with Crippen LogP contribution in [0.25, 0.3) is 0 Å². The molecular weight excluding hydrogens is 298 g/mol. The second kappa shape index (κ2) is 5.41. The Morgan fingerprint density at radius 1 is 1.29 bits per heavy atom. The SMILES string of the molecule is CC(=O)C1CC(O)C2C3CC=C4CC(N)CCC4(C)C3CCC12C. The van der Waals surface area contributed by atoms with Crippen molar-refractivity contribution in [3.05, 3.63) is 11.6 Å². The van der Waals surface area contributed by atoms with Crippen molar-refractivity contribution in [2.24, 2.45) is 40.2 Å². The highest BCUT2D eigenvalue weighted by atomic mass is 16.3. The van der Waals surface area contributed by atoms with E-state index in [0.717, 1.165) is 25.7 Å². The summed E-state index contributed by atoms with van der Waals surface area (Å²) in [5, 5.41) is 10.9. The molecule has 3 nitrogen and oxygen atoms in total. The van der Waals surface area contributed by atoms with E-state index in [1.54, 1.807) is 12.5 Å². The molecule has 8 atom stereocenters. The molecule has 0 bridgehead atoms. The van der Waals surface area contributed by atoms with Crippen LogP contribution in [-0.2, 0) is 4.79 Å². The molecule has 0 amide bonds. The first-order valence-electron chi connectivity index (χ1n) is 9.91. The molecule has 0 aromatic carbocycles. The molecule has 3 fully saturated rings. The Morgan fingerprint density at radius 2 is 2.04 bits per heavy atom. The normalized spacial score (nSPS) is 53.6. The standard InChI is InChI=1S/C21H33NO2/c1-12(23)17-11-18(24)19-15-5-4-13-10-14(22)6-8-20(13,2)16(15)7-9-21(17,19)3/h4,14-19,24H,5-11,22H2,1-3H3. The first kappa shape index (κ1) is 16.8. The molecule has 0 radical (unpaired) electrons. The minimum absolute atomic E-state index is 0.000804. The van der Waals surface area contributed by atoms with Crippen LogP contribution in [-0.4, -0.2) is 23.0 Å². The Hall–Kier alpha value is -0.670. The van der Waals surface area contributed by atoms with Crippen molar-refractivity contribution in [3.63, 3.8) is 0 Å². The van der Waals surface area contributed by atoms with Gasteiger partial charge in [0.1, 0.15) is 5.78 Å². The summed E-state index contributed by atoms with van der Waals surface area (Å²) in [7, 11) is 0. The van der Waals surface area contributed by atoms with E-state index in [0.29, 0.717) is 24.3 Å². The fourth-order valence-electron chi connectivity index (χ4n) is 7.39. The lowest BCUT2D eigenvalue weighted by Gasteiger charge is -2.58. The number of Topliss-reactive ketones (excluding diaryl/α,β-unsaturated/α-hetero) is 1. The molecule has 0 heterocycles. The summed E-state index contributed by atoms with van der Waals surface area (Å²) in [5.74, 6) is 1.81. The molecule has 0 aliphatic heterocycles. The van der Waals surface area contributed by atoms with Crippen LogP contribution >= 0.6 is 0 Å². The molecule has 0 aromatic rings. The summed E-state index contributed by atoms with van der Waals surface area (Å²) in [5.41, 5.74) is 8.09. The van der Waals surface area contributed by atoms with Crippen LogP contribution in [0.2, 0.25) is 0 Å². The Kier molecular flexibility index (Phi) is 3.78. The van der Waals surface area contributed by atoms with Crippen molar-refractivity contribution in [3.8, 4) is 0 Å². The molecular formula is C21H33NO2. The van der Waals surface area contributed by atoms with Gasteiger partial charge in [-0.1, -0.05) is 25.5 Å². The second-order valence-electron chi connectivity index (χ2n) is 9.69.